The van der Waals surface area contributed by atoms with E-state index in [0.717, 1.165) is 0 Å². The molecule has 0 fully saturated rings. The van der Waals surface area contributed by atoms with Crippen LogP contribution in [0.5, 0.6) is 0 Å². The minimum atomic E-state index is -1.25. The molecule has 4 nitrogen and oxygen atoms in total. The molecule has 68 valence electrons. The number of hydrogen-bond donors (Lipinski definition) is 2. The van der Waals surface area contributed by atoms with Crippen molar-refractivity contribution < 1.29 is 14.6 Å². The zero-order valence-electron chi connectivity index (χ0n) is 6.66. The number of rotatable bonds is 3. The van der Waals surface area contributed by atoms with Crippen molar-refractivity contribution in [1.82, 2.24) is 0 Å². The van der Waals surface area contributed by atoms with Crippen LogP contribution in [-0.4, -0.2) is 29.8 Å². The van der Waals surface area contributed by atoms with Gasteiger partial charge in [-0.2, -0.15) is 0 Å². The van der Waals surface area contributed by atoms with Crippen LogP contribution in [0, 0.1) is 0 Å². The molecule has 0 rings (SSSR count). The number of halogens is 1. The predicted octanol–water partition coefficient (Wildman–Crippen LogP) is -0.319. The first-order chi connectivity index (χ1) is 4.54. The van der Waals surface area contributed by atoms with Crippen LogP contribution in [-0.2, 0) is 9.53 Å². The molecule has 0 saturated heterocycles. The summed E-state index contributed by atoms with van der Waals surface area (Å²) in [6.07, 6.45) is 0. The molecule has 0 amide bonds. The van der Waals surface area contributed by atoms with Gasteiger partial charge in [0.15, 0.2) is 0 Å². The van der Waals surface area contributed by atoms with Crippen molar-refractivity contribution >= 4 is 18.4 Å². The van der Waals surface area contributed by atoms with Gasteiger partial charge in [0.2, 0.25) is 0 Å². The van der Waals surface area contributed by atoms with E-state index in [4.69, 9.17) is 10.8 Å². The fourth-order valence-electron chi connectivity index (χ4n) is 0.361. The van der Waals surface area contributed by atoms with Crippen LogP contribution in [0.3, 0.4) is 0 Å². The number of aliphatic hydroxyl groups is 1. The molecule has 0 bridgehead atoms. The molecule has 0 aromatic rings. The maximum atomic E-state index is 10.8. The third-order valence-corrected chi connectivity index (χ3v) is 1.07. The summed E-state index contributed by atoms with van der Waals surface area (Å²) in [4.78, 5) is 10.8. The summed E-state index contributed by atoms with van der Waals surface area (Å²) in [5.74, 6) is -0.572. The summed E-state index contributed by atoms with van der Waals surface area (Å²) >= 11 is 0. The fraction of sp³-hybridized carbons (Fsp3) is 0.833. The van der Waals surface area contributed by atoms with Crippen molar-refractivity contribution in [1.29, 1.82) is 0 Å². The van der Waals surface area contributed by atoms with Gasteiger partial charge in [-0.15, -0.1) is 12.4 Å². The molecule has 0 spiro atoms. The highest BCUT2D eigenvalue weighted by Gasteiger charge is 2.28. The fourth-order valence-corrected chi connectivity index (χ4v) is 0.361. The van der Waals surface area contributed by atoms with Gasteiger partial charge in [-0.05, 0) is 13.8 Å². The first-order valence-electron chi connectivity index (χ1n) is 3.11. The number of carbonyl (C=O) groups excluding carboxylic acids is 1. The van der Waals surface area contributed by atoms with Crippen LogP contribution in [0.25, 0.3) is 0 Å². The van der Waals surface area contributed by atoms with E-state index in [9.17, 15) is 4.79 Å². The monoisotopic (exact) mass is 183 g/mol. The second-order valence-corrected chi connectivity index (χ2v) is 2.30. The molecular weight excluding hydrogens is 170 g/mol. The molecule has 0 aromatic carbocycles. The molecule has 11 heavy (non-hydrogen) atoms. The van der Waals surface area contributed by atoms with Gasteiger partial charge in [0.25, 0.3) is 0 Å². The van der Waals surface area contributed by atoms with Gasteiger partial charge < -0.3 is 15.6 Å². The van der Waals surface area contributed by atoms with Crippen molar-refractivity contribution in [2.45, 2.75) is 19.4 Å². The Bertz CT molecular complexity index is 127. The number of esters is 1. The van der Waals surface area contributed by atoms with Gasteiger partial charge in [-0.1, -0.05) is 0 Å². The molecule has 0 heterocycles. The molecule has 1 atom stereocenters. The predicted molar refractivity (Wildman–Crippen MR) is 43.6 cm³/mol. The summed E-state index contributed by atoms with van der Waals surface area (Å²) in [5, 5.41) is 8.57. The van der Waals surface area contributed by atoms with Gasteiger partial charge in [0.1, 0.15) is 5.54 Å². The molecule has 0 saturated carbocycles. The van der Waals surface area contributed by atoms with Crippen LogP contribution >= 0.6 is 12.4 Å². The van der Waals surface area contributed by atoms with Gasteiger partial charge in [0.05, 0.1) is 13.2 Å². The third-order valence-electron chi connectivity index (χ3n) is 1.07. The first-order valence-corrected chi connectivity index (χ1v) is 3.11. The van der Waals surface area contributed by atoms with E-state index in [1.807, 2.05) is 0 Å². The number of aliphatic hydroxyl groups excluding tert-OH is 1. The normalized spacial score (nSPS) is 14.5. The highest BCUT2D eigenvalue weighted by Crippen LogP contribution is 1.99. The van der Waals surface area contributed by atoms with Crippen molar-refractivity contribution in [3.63, 3.8) is 0 Å². The van der Waals surface area contributed by atoms with E-state index in [1.54, 1.807) is 6.92 Å². The molecule has 0 unspecified atom stereocenters. The van der Waals surface area contributed by atoms with Gasteiger partial charge >= 0.3 is 5.97 Å². The van der Waals surface area contributed by atoms with E-state index in [2.05, 4.69) is 4.74 Å². The lowest BCUT2D eigenvalue weighted by Gasteiger charge is -2.18. The Morgan fingerprint density at radius 3 is 2.45 bits per heavy atom. The quantitative estimate of drug-likeness (QED) is 0.589. The standard InChI is InChI=1S/C6H13NO3.ClH/c1-3-10-5(9)6(2,7)4-8;/h8H,3-4,7H2,1-2H3;1H/t6-;/m0./s1. The average Bonchev–Trinajstić information content (AvgIpc) is 1.89. The van der Waals surface area contributed by atoms with E-state index in [0.29, 0.717) is 0 Å². The number of nitrogens with two attached hydrogens (primary N) is 1. The third kappa shape index (κ3) is 4.19. The molecule has 0 radical (unpaired) electrons. The Hall–Kier alpha value is -0.320. The molecule has 0 aliphatic rings. The minimum Gasteiger partial charge on any atom is -0.465 e. The highest BCUT2D eigenvalue weighted by atomic mass is 35.5. The summed E-state index contributed by atoms with van der Waals surface area (Å²) in [7, 11) is 0. The lowest BCUT2D eigenvalue weighted by Crippen LogP contribution is -2.49. The van der Waals surface area contributed by atoms with Crippen LogP contribution in [0.2, 0.25) is 0 Å². The number of ether oxygens (including phenoxy) is 1. The van der Waals surface area contributed by atoms with Crippen molar-refractivity contribution in [2.24, 2.45) is 5.73 Å². The molecule has 0 aromatic heterocycles. The smallest absolute Gasteiger partial charge is 0.328 e. The van der Waals surface area contributed by atoms with Gasteiger partial charge in [0, 0.05) is 0 Å². The van der Waals surface area contributed by atoms with Crippen LogP contribution in [0.15, 0.2) is 0 Å². The van der Waals surface area contributed by atoms with E-state index in [1.165, 1.54) is 6.92 Å². The zero-order chi connectivity index (χ0) is 8.20. The second kappa shape index (κ2) is 5.35. The first kappa shape index (κ1) is 13.3. The van der Waals surface area contributed by atoms with E-state index < -0.39 is 18.1 Å². The van der Waals surface area contributed by atoms with E-state index in [-0.39, 0.29) is 19.0 Å². The van der Waals surface area contributed by atoms with Crippen LogP contribution < -0.4 is 5.73 Å². The Morgan fingerprint density at radius 2 is 2.18 bits per heavy atom. The topological polar surface area (TPSA) is 72.5 Å². The second-order valence-electron chi connectivity index (χ2n) is 2.30. The summed E-state index contributed by atoms with van der Waals surface area (Å²) in [6.45, 7) is 2.99. The number of hydrogen-bond acceptors (Lipinski definition) is 4. The van der Waals surface area contributed by atoms with Crippen LogP contribution in [0.1, 0.15) is 13.8 Å². The Balaban J connectivity index is 0. The Morgan fingerprint density at radius 1 is 1.73 bits per heavy atom. The molecule has 3 N–H and O–H groups in total. The lowest BCUT2D eigenvalue weighted by atomic mass is 10.1. The summed E-state index contributed by atoms with van der Waals surface area (Å²) in [5.41, 5.74) is 4.07. The highest BCUT2D eigenvalue weighted by molar-refractivity contribution is 5.85. The average molecular weight is 184 g/mol. The summed E-state index contributed by atoms with van der Waals surface area (Å²) in [6, 6.07) is 0. The van der Waals surface area contributed by atoms with Crippen LogP contribution in [0.4, 0.5) is 0 Å². The van der Waals surface area contributed by atoms with E-state index >= 15 is 0 Å². The van der Waals surface area contributed by atoms with Crippen molar-refractivity contribution in [3.8, 4) is 0 Å². The number of carbonyl (C=O) groups is 1. The van der Waals surface area contributed by atoms with Gasteiger partial charge in [-0.25, -0.2) is 4.79 Å². The lowest BCUT2D eigenvalue weighted by molar-refractivity contribution is -0.150. The maximum absolute atomic E-state index is 10.8. The minimum absolute atomic E-state index is 0. The SMILES string of the molecule is CCOC(=O)[C@@](C)(N)CO.Cl. The molecule has 5 heteroatoms. The maximum Gasteiger partial charge on any atom is 0.328 e. The summed E-state index contributed by atoms with van der Waals surface area (Å²) < 4.78 is 4.57. The van der Waals surface area contributed by atoms with Gasteiger partial charge in [-0.3, -0.25) is 0 Å². The molecule has 0 aliphatic carbocycles. The Kier molecular flexibility index (Phi) is 6.46. The molecule has 0 aliphatic heterocycles. The zero-order valence-corrected chi connectivity index (χ0v) is 7.48. The van der Waals surface area contributed by atoms with Crippen molar-refractivity contribution in [3.05, 3.63) is 0 Å². The largest absolute Gasteiger partial charge is 0.465 e. The Labute approximate surface area is 72.1 Å². The molecular formula is C6H14ClNO3. The van der Waals surface area contributed by atoms with Crippen molar-refractivity contribution in [2.75, 3.05) is 13.2 Å².